The Morgan fingerprint density at radius 2 is 1.73 bits per heavy atom. The average molecular weight is 416 g/mol. The second kappa shape index (κ2) is 9.02. The number of ether oxygens (including phenoxy) is 3. The van der Waals surface area contributed by atoms with Crippen LogP contribution in [0.25, 0.3) is 0 Å². The van der Waals surface area contributed by atoms with Crippen LogP contribution in [-0.4, -0.2) is 39.7 Å². The Hall–Kier alpha value is -3.29. The fourth-order valence-corrected chi connectivity index (χ4v) is 3.49. The van der Waals surface area contributed by atoms with Gasteiger partial charge in [0.15, 0.2) is 23.1 Å². The van der Waals surface area contributed by atoms with Crippen molar-refractivity contribution >= 4 is 17.5 Å². The molecule has 30 heavy (non-hydrogen) atoms. The number of amides is 2. The lowest BCUT2D eigenvalue weighted by atomic mass is 10.0. The topological polar surface area (TPSA) is 77.1 Å². The summed E-state index contributed by atoms with van der Waals surface area (Å²) in [6, 6.07) is 9.31. The van der Waals surface area contributed by atoms with E-state index in [0.717, 1.165) is 0 Å². The van der Waals surface area contributed by atoms with E-state index in [2.05, 4.69) is 5.32 Å². The van der Waals surface area contributed by atoms with Crippen molar-refractivity contribution < 1.29 is 28.2 Å². The number of hydrogen-bond acceptors (Lipinski definition) is 5. The standard InChI is InChI=1S/C22H25FN2O5/c1-13(14-5-7-18(28-2)17(23)9-14)24-22(27)15-10-21(26)25(12-15)16-6-8-19(29-3)20(11-16)30-4/h5-9,11,13,15H,10,12H2,1-4H3,(H,24,27)/t13-,15+/m1/s1. The lowest BCUT2D eigenvalue weighted by molar-refractivity contribution is -0.126. The van der Waals surface area contributed by atoms with Gasteiger partial charge in [0.05, 0.1) is 33.3 Å². The molecule has 1 heterocycles. The highest BCUT2D eigenvalue weighted by molar-refractivity contribution is 6.00. The van der Waals surface area contributed by atoms with Crippen molar-refractivity contribution in [2.45, 2.75) is 19.4 Å². The average Bonchev–Trinajstić information content (AvgIpc) is 3.14. The zero-order valence-corrected chi connectivity index (χ0v) is 17.4. The molecule has 1 N–H and O–H groups in total. The Bertz CT molecular complexity index is 949. The van der Waals surface area contributed by atoms with Crippen molar-refractivity contribution in [3.05, 3.63) is 47.8 Å². The number of carbonyl (C=O) groups is 2. The van der Waals surface area contributed by atoms with E-state index < -0.39 is 17.8 Å². The number of benzene rings is 2. The summed E-state index contributed by atoms with van der Waals surface area (Å²) in [5, 5.41) is 2.87. The fourth-order valence-electron chi connectivity index (χ4n) is 3.49. The van der Waals surface area contributed by atoms with Crippen molar-refractivity contribution in [2.75, 3.05) is 32.8 Å². The number of rotatable bonds is 7. The molecular formula is C22H25FN2O5. The maximum Gasteiger partial charge on any atom is 0.227 e. The van der Waals surface area contributed by atoms with E-state index >= 15 is 0 Å². The second-order valence-electron chi connectivity index (χ2n) is 7.07. The van der Waals surface area contributed by atoms with Crippen molar-refractivity contribution in [1.82, 2.24) is 5.32 Å². The number of carbonyl (C=O) groups excluding carboxylic acids is 2. The first-order valence-electron chi connectivity index (χ1n) is 9.54. The van der Waals surface area contributed by atoms with Crippen LogP contribution in [0.5, 0.6) is 17.2 Å². The molecule has 0 aliphatic carbocycles. The number of halogens is 1. The number of hydrogen-bond donors (Lipinski definition) is 1. The predicted octanol–water partition coefficient (Wildman–Crippen LogP) is 3.08. The lowest BCUT2D eigenvalue weighted by Crippen LogP contribution is -2.34. The minimum absolute atomic E-state index is 0.101. The number of methoxy groups -OCH3 is 3. The molecule has 0 unspecified atom stereocenters. The summed E-state index contributed by atoms with van der Waals surface area (Å²) in [5.74, 6) is -0.193. The third-order valence-electron chi connectivity index (χ3n) is 5.21. The van der Waals surface area contributed by atoms with Crippen LogP contribution in [-0.2, 0) is 9.59 Å². The van der Waals surface area contributed by atoms with Crippen LogP contribution >= 0.6 is 0 Å². The van der Waals surface area contributed by atoms with Crippen LogP contribution in [0, 0.1) is 11.7 Å². The Morgan fingerprint density at radius 1 is 1.07 bits per heavy atom. The van der Waals surface area contributed by atoms with E-state index in [1.165, 1.54) is 33.5 Å². The first-order valence-corrected chi connectivity index (χ1v) is 9.54. The smallest absolute Gasteiger partial charge is 0.227 e. The molecule has 0 spiro atoms. The predicted molar refractivity (Wildman–Crippen MR) is 110 cm³/mol. The Balaban J connectivity index is 1.68. The fraction of sp³-hybridized carbons (Fsp3) is 0.364. The van der Waals surface area contributed by atoms with Crippen LogP contribution in [0.15, 0.2) is 36.4 Å². The van der Waals surface area contributed by atoms with Gasteiger partial charge in [-0.05, 0) is 36.8 Å². The molecule has 2 aromatic carbocycles. The van der Waals surface area contributed by atoms with Gasteiger partial charge >= 0.3 is 0 Å². The minimum atomic E-state index is -0.504. The number of nitrogens with one attached hydrogen (secondary N) is 1. The summed E-state index contributed by atoms with van der Waals surface area (Å²) < 4.78 is 29.4. The number of anilines is 1. The van der Waals surface area contributed by atoms with E-state index in [9.17, 15) is 14.0 Å². The summed E-state index contributed by atoms with van der Waals surface area (Å²) in [4.78, 5) is 26.8. The van der Waals surface area contributed by atoms with Gasteiger partial charge in [0.2, 0.25) is 11.8 Å². The third-order valence-corrected chi connectivity index (χ3v) is 5.21. The van der Waals surface area contributed by atoms with Gasteiger partial charge in [0, 0.05) is 24.7 Å². The highest BCUT2D eigenvalue weighted by atomic mass is 19.1. The van der Waals surface area contributed by atoms with Gasteiger partial charge in [0.25, 0.3) is 0 Å². The molecule has 7 nitrogen and oxygen atoms in total. The maximum atomic E-state index is 13.9. The molecule has 1 fully saturated rings. The largest absolute Gasteiger partial charge is 0.494 e. The molecule has 0 aromatic heterocycles. The zero-order valence-electron chi connectivity index (χ0n) is 17.4. The van der Waals surface area contributed by atoms with Gasteiger partial charge in [-0.1, -0.05) is 6.07 Å². The van der Waals surface area contributed by atoms with Gasteiger partial charge < -0.3 is 24.4 Å². The van der Waals surface area contributed by atoms with Gasteiger partial charge in [-0.15, -0.1) is 0 Å². The molecule has 0 radical (unpaired) electrons. The van der Waals surface area contributed by atoms with Crippen molar-refractivity contribution in [1.29, 1.82) is 0 Å². The Labute approximate surface area is 174 Å². The summed E-state index contributed by atoms with van der Waals surface area (Å²) in [5.41, 5.74) is 1.25. The SMILES string of the molecule is COc1ccc([C@@H](C)NC(=O)[C@H]2CC(=O)N(c3ccc(OC)c(OC)c3)C2)cc1F. The normalized spacial score (nSPS) is 16.9. The van der Waals surface area contributed by atoms with E-state index in [0.29, 0.717) is 22.7 Å². The molecule has 2 aromatic rings. The molecule has 0 bridgehead atoms. The lowest BCUT2D eigenvalue weighted by Gasteiger charge is -2.20. The van der Waals surface area contributed by atoms with Crippen LogP contribution in [0.4, 0.5) is 10.1 Å². The van der Waals surface area contributed by atoms with E-state index in [1.54, 1.807) is 36.1 Å². The molecule has 0 saturated carbocycles. The molecule has 1 aliphatic rings. The quantitative estimate of drug-likeness (QED) is 0.751. The highest BCUT2D eigenvalue weighted by Crippen LogP contribution is 2.34. The van der Waals surface area contributed by atoms with E-state index in [4.69, 9.17) is 14.2 Å². The molecule has 2 atom stereocenters. The molecule has 2 amide bonds. The van der Waals surface area contributed by atoms with E-state index in [1.807, 2.05) is 0 Å². The summed E-state index contributed by atoms with van der Waals surface area (Å²) in [7, 11) is 4.45. The Morgan fingerprint density at radius 3 is 2.37 bits per heavy atom. The molecule has 1 saturated heterocycles. The van der Waals surface area contributed by atoms with Crippen LogP contribution in [0.3, 0.4) is 0 Å². The second-order valence-corrected chi connectivity index (χ2v) is 7.07. The van der Waals surface area contributed by atoms with Crippen LogP contribution in [0.2, 0.25) is 0 Å². The first kappa shape index (κ1) is 21.4. The van der Waals surface area contributed by atoms with Gasteiger partial charge in [-0.25, -0.2) is 4.39 Å². The monoisotopic (exact) mass is 416 g/mol. The van der Waals surface area contributed by atoms with Crippen LogP contribution < -0.4 is 24.4 Å². The maximum absolute atomic E-state index is 13.9. The van der Waals surface area contributed by atoms with Crippen molar-refractivity contribution in [3.63, 3.8) is 0 Å². The molecule has 3 rings (SSSR count). The van der Waals surface area contributed by atoms with Gasteiger partial charge in [-0.2, -0.15) is 0 Å². The Kier molecular flexibility index (Phi) is 6.44. The number of nitrogens with zero attached hydrogens (tertiary/aromatic N) is 1. The molecule has 8 heteroatoms. The van der Waals surface area contributed by atoms with Gasteiger partial charge in [0.1, 0.15) is 0 Å². The van der Waals surface area contributed by atoms with Crippen LogP contribution in [0.1, 0.15) is 24.9 Å². The van der Waals surface area contributed by atoms with E-state index in [-0.39, 0.29) is 30.5 Å². The summed E-state index contributed by atoms with van der Waals surface area (Å²) in [6.45, 7) is 2.02. The van der Waals surface area contributed by atoms with Crippen molar-refractivity contribution in [3.8, 4) is 17.2 Å². The third kappa shape index (κ3) is 4.32. The molecule has 160 valence electrons. The first-order chi connectivity index (χ1) is 14.4. The summed E-state index contributed by atoms with van der Waals surface area (Å²) in [6.07, 6.45) is 0.101. The summed E-state index contributed by atoms with van der Waals surface area (Å²) >= 11 is 0. The highest BCUT2D eigenvalue weighted by Gasteiger charge is 2.36. The molecule has 1 aliphatic heterocycles. The van der Waals surface area contributed by atoms with Gasteiger partial charge in [-0.3, -0.25) is 9.59 Å². The minimum Gasteiger partial charge on any atom is -0.494 e. The zero-order chi connectivity index (χ0) is 21.8. The molecular weight excluding hydrogens is 391 g/mol. The van der Waals surface area contributed by atoms with Crippen molar-refractivity contribution in [2.24, 2.45) is 5.92 Å².